The molecule has 0 bridgehead atoms. The number of fused-ring (bicyclic) bond motifs is 1. The number of thiocarbonyl (C=S) groups is 1. The van der Waals surface area contributed by atoms with Crippen molar-refractivity contribution < 1.29 is 9.21 Å². The number of anilines is 1. The fourth-order valence-corrected chi connectivity index (χ4v) is 5.04. The highest BCUT2D eigenvalue weighted by Crippen LogP contribution is 2.34. The fraction of sp³-hybridized carbons (Fsp3) is 0.333. The van der Waals surface area contributed by atoms with E-state index in [1.54, 1.807) is 35.1 Å². The van der Waals surface area contributed by atoms with Crippen LogP contribution in [0.2, 0.25) is 0 Å². The Labute approximate surface area is 202 Å². The number of amides is 1. The van der Waals surface area contributed by atoms with Gasteiger partial charge in [0.15, 0.2) is 0 Å². The van der Waals surface area contributed by atoms with E-state index in [2.05, 4.69) is 18.7 Å². The molecule has 4 heterocycles. The molecule has 0 atom stereocenters. The summed E-state index contributed by atoms with van der Waals surface area (Å²) < 4.78 is 7.36. The summed E-state index contributed by atoms with van der Waals surface area (Å²) in [7, 11) is 0. The van der Waals surface area contributed by atoms with Gasteiger partial charge in [-0.1, -0.05) is 43.9 Å². The molecule has 1 saturated heterocycles. The lowest BCUT2D eigenvalue weighted by molar-refractivity contribution is -0.122. The molecule has 1 aliphatic rings. The molecule has 0 aliphatic carbocycles. The van der Waals surface area contributed by atoms with Gasteiger partial charge in [0.25, 0.3) is 11.5 Å². The first-order chi connectivity index (χ1) is 15.9. The predicted molar refractivity (Wildman–Crippen MR) is 136 cm³/mol. The van der Waals surface area contributed by atoms with E-state index in [4.69, 9.17) is 21.6 Å². The molecule has 0 saturated carbocycles. The van der Waals surface area contributed by atoms with E-state index >= 15 is 0 Å². The maximum atomic E-state index is 13.6. The molecule has 3 aromatic rings. The van der Waals surface area contributed by atoms with Crippen LogP contribution in [0.3, 0.4) is 0 Å². The maximum Gasteiger partial charge on any atom is 0.267 e. The topological polar surface area (TPSA) is 71.1 Å². The lowest BCUT2D eigenvalue weighted by atomic mass is 10.2. The van der Waals surface area contributed by atoms with E-state index in [0.29, 0.717) is 32.0 Å². The number of nitrogens with zero attached hydrogens (tertiary/aromatic N) is 4. The highest BCUT2D eigenvalue weighted by molar-refractivity contribution is 8.26. The van der Waals surface area contributed by atoms with Crippen molar-refractivity contribution in [1.29, 1.82) is 0 Å². The second kappa shape index (κ2) is 9.93. The number of carbonyl (C=O) groups is 1. The average Bonchev–Trinajstić information content (AvgIpc) is 3.40. The molecule has 0 spiro atoms. The summed E-state index contributed by atoms with van der Waals surface area (Å²) in [4.78, 5) is 35.6. The molecule has 4 rings (SSSR count). The number of aryl methyl sites for hydroxylation is 1. The Hall–Kier alpha value is -2.91. The van der Waals surface area contributed by atoms with E-state index < -0.39 is 0 Å². The van der Waals surface area contributed by atoms with Gasteiger partial charge in [0.1, 0.15) is 21.5 Å². The Morgan fingerprint density at radius 2 is 1.94 bits per heavy atom. The molecule has 9 heteroatoms. The zero-order chi connectivity index (χ0) is 23.5. The van der Waals surface area contributed by atoms with Crippen molar-refractivity contribution in [3.63, 3.8) is 0 Å². The van der Waals surface area contributed by atoms with Crippen molar-refractivity contribution in [1.82, 2.24) is 14.3 Å². The third-order valence-electron chi connectivity index (χ3n) is 5.32. The van der Waals surface area contributed by atoms with Gasteiger partial charge in [-0.05, 0) is 49.6 Å². The Kier molecular flexibility index (Phi) is 6.99. The van der Waals surface area contributed by atoms with Crippen molar-refractivity contribution in [3.05, 3.63) is 68.9 Å². The van der Waals surface area contributed by atoms with Crippen molar-refractivity contribution in [2.45, 2.75) is 40.2 Å². The standard InChI is InChI=1S/C24H26N4O3S2/c1-4-10-26(11-5-2)21-18(22(29)27-14-16(3)8-9-20(27)25-21)13-19-23(30)28(24(32)33-19)15-17-7-6-12-31-17/h6-9,12-14H,4-5,10-11,15H2,1-3H3/b19-13-. The number of aromatic nitrogens is 2. The predicted octanol–water partition coefficient (Wildman–Crippen LogP) is 4.62. The monoisotopic (exact) mass is 482 g/mol. The van der Waals surface area contributed by atoms with Crippen molar-refractivity contribution in [3.8, 4) is 0 Å². The molecule has 0 aromatic carbocycles. The minimum atomic E-state index is -0.237. The normalized spacial score (nSPS) is 15.2. The lowest BCUT2D eigenvalue weighted by Crippen LogP contribution is -2.31. The van der Waals surface area contributed by atoms with Gasteiger partial charge in [-0.15, -0.1) is 0 Å². The van der Waals surface area contributed by atoms with Crippen LogP contribution < -0.4 is 10.5 Å². The quantitative estimate of drug-likeness (QED) is 0.343. The third kappa shape index (κ3) is 4.74. The molecule has 0 radical (unpaired) electrons. The Bertz CT molecular complexity index is 1270. The average molecular weight is 483 g/mol. The van der Waals surface area contributed by atoms with Gasteiger partial charge in [0.05, 0.1) is 23.3 Å². The van der Waals surface area contributed by atoms with E-state index in [9.17, 15) is 9.59 Å². The molecular weight excluding hydrogens is 456 g/mol. The van der Waals surface area contributed by atoms with Crippen LogP contribution >= 0.6 is 24.0 Å². The van der Waals surface area contributed by atoms with Crippen LogP contribution in [-0.2, 0) is 11.3 Å². The van der Waals surface area contributed by atoms with Crippen LogP contribution in [0.4, 0.5) is 5.82 Å². The van der Waals surface area contributed by atoms with Gasteiger partial charge in [0.2, 0.25) is 0 Å². The van der Waals surface area contributed by atoms with E-state index in [0.717, 1.165) is 31.5 Å². The Morgan fingerprint density at radius 1 is 1.18 bits per heavy atom. The fourth-order valence-electron chi connectivity index (χ4n) is 3.80. The zero-order valence-electron chi connectivity index (χ0n) is 18.9. The van der Waals surface area contributed by atoms with Gasteiger partial charge in [0, 0.05) is 19.3 Å². The van der Waals surface area contributed by atoms with Gasteiger partial charge in [-0.25, -0.2) is 4.98 Å². The summed E-state index contributed by atoms with van der Waals surface area (Å²) >= 11 is 6.65. The van der Waals surface area contributed by atoms with E-state index in [1.807, 2.05) is 19.1 Å². The molecule has 7 nitrogen and oxygen atoms in total. The first-order valence-corrected chi connectivity index (χ1v) is 12.2. The molecule has 172 valence electrons. The number of carbonyl (C=O) groups excluding carboxylic acids is 1. The van der Waals surface area contributed by atoms with E-state index in [-0.39, 0.29) is 18.0 Å². The number of hydrogen-bond donors (Lipinski definition) is 0. The minimum Gasteiger partial charge on any atom is -0.467 e. The van der Waals surface area contributed by atoms with Crippen LogP contribution in [0.15, 0.2) is 50.8 Å². The van der Waals surface area contributed by atoms with Gasteiger partial charge >= 0.3 is 0 Å². The van der Waals surface area contributed by atoms with E-state index in [1.165, 1.54) is 16.7 Å². The van der Waals surface area contributed by atoms with Crippen LogP contribution in [0, 0.1) is 6.92 Å². The SMILES string of the molecule is CCCN(CCC)c1nc2ccc(C)cn2c(=O)c1/C=C1\SC(=S)N(Cc2ccco2)C1=O. The highest BCUT2D eigenvalue weighted by Gasteiger charge is 2.33. The molecule has 33 heavy (non-hydrogen) atoms. The van der Waals surface area contributed by atoms with Gasteiger partial charge in [-0.2, -0.15) is 0 Å². The number of pyridine rings is 1. The maximum absolute atomic E-state index is 13.6. The Balaban J connectivity index is 1.83. The van der Waals surface area contributed by atoms with Crippen LogP contribution in [0.1, 0.15) is 43.6 Å². The summed E-state index contributed by atoms with van der Waals surface area (Å²) in [5.41, 5.74) is 1.74. The highest BCUT2D eigenvalue weighted by atomic mass is 32.2. The molecule has 1 aliphatic heterocycles. The molecule has 1 amide bonds. The van der Waals surface area contributed by atoms with Crippen molar-refractivity contribution in [2.75, 3.05) is 18.0 Å². The Morgan fingerprint density at radius 3 is 2.61 bits per heavy atom. The molecule has 3 aromatic heterocycles. The number of rotatable bonds is 8. The second-order valence-corrected chi connectivity index (χ2v) is 9.60. The summed E-state index contributed by atoms with van der Waals surface area (Å²) in [5.74, 6) is 1.01. The van der Waals surface area contributed by atoms with Crippen molar-refractivity contribution >= 4 is 51.7 Å². The lowest BCUT2D eigenvalue weighted by Gasteiger charge is -2.24. The van der Waals surface area contributed by atoms with Crippen LogP contribution in [-0.4, -0.2) is 37.6 Å². The van der Waals surface area contributed by atoms with Gasteiger partial charge < -0.3 is 9.32 Å². The first kappa shape index (κ1) is 23.3. The largest absolute Gasteiger partial charge is 0.467 e. The molecule has 0 N–H and O–H groups in total. The number of furan rings is 1. The minimum absolute atomic E-state index is 0.202. The third-order valence-corrected chi connectivity index (χ3v) is 6.69. The number of thioether (sulfide) groups is 1. The van der Waals surface area contributed by atoms with Crippen LogP contribution in [0.5, 0.6) is 0 Å². The molecule has 0 unspecified atom stereocenters. The zero-order valence-corrected chi connectivity index (χ0v) is 20.5. The molecular formula is C24H26N4O3S2. The summed E-state index contributed by atoms with van der Waals surface area (Å²) in [6, 6.07) is 7.36. The van der Waals surface area contributed by atoms with Crippen molar-refractivity contribution in [2.24, 2.45) is 0 Å². The summed E-state index contributed by atoms with van der Waals surface area (Å²) in [5, 5.41) is 0. The summed E-state index contributed by atoms with van der Waals surface area (Å²) in [6.45, 7) is 7.91. The smallest absolute Gasteiger partial charge is 0.267 e. The summed E-state index contributed by atoms with van der Waals surface area (Å²) in [6.07, 6.45) is 6.82. The molecule has 1 fully saturated rings. The van der Waals surface area contributed by atoms with Gasteiger partial charge in [-0.3, -0.25) is 18.9 Å². The first-order valence-electron chi connectivity index (χ1n) is 11.0. The number of hydrogen-bond acceptors (Lipinski definition) is 7. The van der Waals surface area contributed by atoms with Crippen LogP contribution in [0.25, 0.3) is 11.7 Å². The second-order valence-electron chi connectivity index (χ2n) is 7.92.